The molecule has 0 N–H and O–H groups in total. The smallest absolute Gasteiger partial charge is 0.246 e. The second-order valence-electron chi connectivity index (χ2n) is 5.76. The van der Waals surface area contributed by atoms with E-state index in [0.29, 0.717) is 11.3 Å². The molecule has 1 atom stereocenters. The van der Waals surface area contributed by atoms with Crippen LogP contribution in [-0.4, -0.2) is 46.6 Å². The first kappa shape index (κ1) is 18.6. The second-order valence-corrected chi connectivity index (χ2v) is 7.67. The van der Waals surface area contributed by atoms with Crippen molar-refractivity contribution in [2.24, 2.45) is 0 Å². The number of hydrogen-bond donors (Lipinski definition) is 0. The standard InChI is InChI=1S/C18H20FNO5S/c1-23-13-7-8-18(16(11-13)24-2)26(21,22)20-9-10-25-17(12-20)14-5-3-4-6-15(14)19/h3-8,11,17H,9-10,12H2,1-2H3. The Bertz CT molecular complexity index is 887. The molecule has 0 aromatic heterocycles. The Morgan fingerprint density at radius 3 is 2.62 bits per heavy atom. The van der Waals surface area contributed by atoms with Gasteiger partial charge in [0.05, 0.1) is 26.9 Å². The van der Waals surface area contributed by atoms with E-state index in [0.717, 1.165) is 0 Å². The third kappa shape index (κ3) is 3.53. The number of rotatable bonds is 5. The molecule has 1 heterocycles. The van der Waals surface area contributed by atoms with Gasteiger partial charge < -0.3 is 14.2 Å². The lowest BCUT2D eigenvalue weighted by Gasteiger charge is -2.32. The fourth-order valence-electron chi connectivity index (χ4n) is 2.90. The van der Waals surface area contributed by atoms with Crippen LogP contribution >= 0.6 is 0 Å². The van der Waals surface area contributed by atoms with E-state index in [1.807, 2.05) is 0 Å². The zero-order valence-electron chi connectivity index (χ0n) is 14.5. The quantitative estimate of drug-likeness (QED) is 0.797. The van der Waals surface area contributed by atoms with Crippen molar-refractivity contribution in [1.82, 2.24) is 4.31 Å². The predicted molar refractivity (Wildman–Crippen MR) is 93.4 cm³/mol. The zero-order valence-corrected chi connectivity index (χ0v) is 15.3. The molecular formula is C18H20FNO5S. The fraction of sp³-hybridized carbons (Fsp3) is 0.333. The largest absolute Gasteiger partial charge is 0.497 e. The molecule has 3 rings (SSSR count). The number of hydrogen-bond acceptors (Lipinski definition) is 5. The lowest BCUT2D eigenvalue weighted by atomic mass is 10.1. The lowest BCUT2D eigenvalue weighted by molar-refractivity contribution is -0.00446. The number of nitrogens with zero attached hydrogens (tertiary/aromatic N) is 1. The Labute approximate surface area is 152 Å². The minimum atomic E-state index is -3.83. The van der Waals surface area contributed by atoms with E-state index in [1.165, 1.54) is 36.7 Å². The van der Waals surface area contributed by atoms with Crippen LogP contribution < -0.4 is 9.47 Å². The van der Waals surface area contributed by atoms with Gasteiger partial charge in [0, 0.05) is 24.7 Å². The maximum Gasteiger partial charge on any atom is 0.246 e. The normalized spacial score (nSPS) is 18.5. The van der Waals surface area contributed by atoms with Crippen molar-refractivity contribution in [1.29, 1.82) is 0 Å². The molecule has 1 saturated heterocycles. The zero-order chi connectivity index (χ0) is 18.7. The summed E-state index contributed by atoms with van der Waals surface area (Å²) in [6.07, 6.45) is -0.663. The topological polar surface area (TPSA) is 65.1 Å². The van der Waals surface area contributed by atoms with Gasteiger partial charge >= 0.3 is 0 Å². The van der Waals surface area contributed by atoms with Gasteiger partial charge in [-0.15, -0.1) is 0 Å². The average Bonchev–Trinajstić information content (AvgIpc) is 2.67. The molecule has 1 aliphatic rings. The van der Waals surface area contributed by atoms with Gasteiger partial charge in [0.2, 0.25) is 10.0 Å². The first-order valence-electron chi connectivity index (χ1n) is 8.05. The Balaban J connectivity index is 1.91. The number of benzene rings is 2. The van der Waals surface area contributed by atoms with Crippen LogP contribution in [0.2, 0.25) is 0 Å². The number of halogens is 1. The van der Waals surface area contributed by atoms with Crippen molar-refractivity contribution in [2.45, 2.75) is 11.0 Å². The first-order chi connectivity index (χ1) is 12.5. The van der Waals surface area contributed by atoms with Crippen molar-refractivity contribution >= 4 is 10.0 Å². The molecule has 140 valence electrons. The number of ether oxygens (including phenoxy) is 3. The molecule has 1 fully saturated rings. The summed E-state index contributed by atoms with van der Waals surface area (Å²) < 4.78 is 57.4. The molecule has 8 heteroatoms. The summed E-state index contributed by atoms with van der Waals surface area (Å²) in [6, 6.07) is 10.7. The van der Waals surface area contributed by atoms with Crippen molar-refractivity contribution in [2.75, 3.05) is 33.9 Å². The van der Waals surface area contributed by atoms with Gasteiger partial charge in [-0.2, -0.15) is 4.31 Å². The van der Waals surface area contributed by atoms with E-state index < -0.39 is 21.9 Å². The molecule has 0 aliphatic carbocycles. The van der Waals surface area contributed by atoms with E-state index >= 15 is 0 Å². The van der Waals surface area contributed by atoms with Crippen LogP contribution in [0, 0.1) is 5.82 Å². The Morgan fingerprint density at radius 1 is 1.15 bits per heavy atom. The summed E-state index contributed by atoms with van der Waals surface area (Å²) in [6.45, 7) is 0.387. The third-order valence-corrected chi connectivity index (χ3v) is 6.17. The van der Waals surface area contributed by atoms with E-state index in [-0.39, 0.29) is 30.3 Å². The lowest BCUT2D eigenvalue weighted by Crippen LogP contribution is -2.42. The Morgan fingerprint density at radius 2 is 1.92 bits per heavy atom. The average molecular weight is 381 g/mol. The van der Waals surface area contributed by atoms with Gasteiger partial charge in [0.25, 0.3) is 0 Å². The summed E-state index contributed by atoms with van der Waals surface area (Å²) in [5.41, 5.74) is 0.342. The highest BCUT2D eigenvalue weighted by Crippen LogP contribution is 2.33. The molecule has 0 amide bonds. The van der Waals surface area contributed by atoms with Crippen molar-refractivity contribution in [3.05, 3.63) is 53.8 Å². The molecule has 6 nitrogen and oxygen atoms in total. The van der Waals surface area contributed by atoms with Gasteiger partial charge in [-0.3, -0.25) is 0 Å². The van der Waals surface area contributed by atoms with E-state index in [4.69, 9.17) is 14.2 Å². The van der Waals surface area contributed by atoms with Crippen molar-refractivity contribution in [3.63, 3.8) is 0 Å². The van der Waals surface area contributed by atoms with Crippen molar-refractivity contribution < 1.29 is 27.0 Å². The molecule has 0 radical (unpaired) electrons. The van der Waals surface area contributed by atoms with Gasteiger partial charge in [0.15, 0.2) is 0 Å². The SMILES string of the molecule is COc1ccc(S(=O)(=O)N2CCOC(c3ccccc3F)C2)c(OC)c1. The highest BCUT2D eigenvalue weighted by molar-refractivity contribution is 7.89. The minimum Gasteiger partial charge on any atom is -0.497 e. The minimum absolute atomic E-state index is 0.0262. The summed E-state index contributed by atoms with van der Waals surface area (Å²) in [4.78, 5) is 0.0370. The Kier molecular flexibility index (Phi) is 5.45. The fourth-order valence-corrected chi connectivity index (χ4v) is 4.46. The molecule has 26 heavy (non-hydrogen) atoms. The van der Waals surface area contributed by atoms with Gasteiger partial charge in [-0.25, -0.2) is 12.8 Å². The van der Waals surface area contributed by atoms with Gasteiger partial charge in [-0.05, 0) is 18.2 Å². The van der Waals surface area contributed by atoms with Gasteiger partial charge in [-0.1, -0.05) is 18.2 Å². The van der Waals surface area contributed by atoms with Crippen LogP contribution in [0.3, 0.4) is 0 Å². The van der Waals surface area contributed by atoms with Crippen LogP contribution in [0.5, 0.6) is 11.5 Å². The van der Waals surface area contributed by atoms with Crippen molar-refractivity contribution in [3.8, 4) is 11.5 Å². The molecular weight excluding hydrogens is 361 g/mol. The highest BCUT2D eigenvalue weighted by Gasteiger charge is 2.34. The summed E-state index contributed by atoms with van der Waals surface area (Å²) >= 11 is 0. The summed E-state index contributed by atoms with van der Waals surface area (Å²) in [5.74, 6) is 0.268. The van der Waals surface area contributed by atoms with E-state index in [1.54, 1.807) is 24.3 Å². The maximum absolute atomic E-state index is 14.0. The van der Waals surface area contributed by atoms with Crippen LogP contribution in [0.15, 0.2) is 47.4 Å². The van der Waals surface area contributed by atoms with Crippen LogP contribution in [0.4, 0.5) is 4.39 Å². The molecule has 1 aliphatic heterocycles. The summed E-state index contributed by atoms with van der Waals surface area (Å²) in [7, 11) is -0.945. The second kappa shape index (κ2) is 7.61. The Hall–Kier alpha value is -2.16. The number of morpholine rings is 1. The monoisotopic (exact) mass is 381 g/mol. The third-order valence-electron chi connectivity index (χ3n) is 4.27. The predicted octanol–water partition coefficient (Wildman–Crippen LogP) is 2.61. The molecule has 1 unspecified atom stereocenters. The van der Waals surface area contributed by atoms with Crippen LogP contribution in [0.1, 0.15) is 11.7 Å². The van der Waals surface area contributed by atoms with E-state index in [2.05, 4.69) is 0 Å². The van der Waals surface area contributed by atoms with Crippen LogP contribution in [0.25, 0.3) is 0 Å². The van der Waals surface area contributed by atoms with Gasteiger partial charge in [0.1, 0.15) is 22.2 Å². The first-order valence-corrected chi connectivity index (χ1v) is 9.49. The number of sulfonamides is 1. The summed E-state index contributed by atoms with van der Waals surface area (Å²) in [5, 5.41) is 0. The molecule has 0 spiro atoms. The maximum atomic E-state index is 14.0. The van der Waals surface area contributed by atoms with E-state index in [9.17, 15) is 12.8 Å². The molecule has 0 saturated carbocycles. The highest BCUT2D eigenvalue weighted by atomic mass is 32.2. The number of methoxy groups -OCH3 is 2. The molecule has 0 bridgehead atoms. The molecule has 2 aromatic carbocycles. The van der Waals surface area contributed by atoms with Crippen LogP contribution in [-0.2, 0) is 14.8 Å². The molecule has 2 aromatic rings.